The second-order valence-corrected chi connectivity index (χ2v) is 2.91. The Bertz CT molecular complexity index is 211. The number of rotatable bonds is 6. The number of carboxylic acid groups (broad SMARTS) is 1. The molecule has 4 N–H and O–H groups in total. The molecule has 0 fully saturated rings. The molecule has 0 aliphatic carbocycles. The lowest BCUT2D eigenvalue weighted by molar-refractivity contribution is -0.141. The van der Waals surface area contributed by atoms with E-state index in [1.165, 1.54) is 6.92 Å². The SMILES string of the molecule is [2H]N[C@H](CCC)C(=O)N[C@@H](C)C(=O)O. The summed E-state index contributed by atoms with van der Waals surface area (Å²) in [4.78, 5) is 21.7. The number of carbonyl (C=O) groups excluding carboxylic acids is 1. The lowest BCUT2D eigenvalue weighted by Crippen LogP contribution is -2.47. The van der Waals surface area contributed by atoms with Crippen LogP contribution >= 0.6 is 0 Å². The maximum absolute atomic E-state index is 11.3. The fourth-order valence-electron chi connectivity index (χ4n) is 0.795. The van der Waals surface area contributed by atoms with Crippen molar-refractivity contribution >= 4 is 11.9 Å². The van der Waals surface area contributed by atoms with E-state index in [-0.39, 0.29) is 0 Å². The Hall–Kier alpha value is -1.10. The van der Waals surface area contributed by atoms with Gasteiger partial charge in [0.1, 0.15) is 7.45 Å². The standard InChI is InChI=1S/C8H16N2O3/c1-3-4-6(9)7(11)10-5(2)8(12)13/h5-6H,3-4,9H2,1-2H3,(H,10,11)(H,12,13)/t5-,6+/m0/s1/i/hD. The molecule has 13 heavy (non-hydrogen) atoms. The maximum atomic E-state index is 11.3. The predicted octanol–water partition coefficient (Wildman–Crippen LogP) is -0.297. The number of nitrogens with two attached hydrogens (primary N) is 1. The third-order valence-corrected chi connectivity index (χ3v) is 1.62. The molecule has 0 aromatic rings. The van der Waals surface area contributed by atoms with Crippen molar-refractivity contribution in [1.29, 1.82) is 0 Å². The van der Waals surface area contributed by atoms with Gasteiger partial charge in [-0.25, -0.2) is 0 Å². The third-order valence-electron chi connectivity index (χ3n) is 1.62. The van der Waals surface area contributed by atoms with Crippen LogP contribution in [0, 0.1) is 0 Å². The summed E-state index contributed by atoms with van der Waals surface area (Å²) >= 11 is 0. The summed E-state index contributed by atoms with van der Waals surface area (Å²) < 4.78 is 6.89. The molecule has 0 bridgehead atoms. The molecule has 0 aliphatic rings. The average molecular weight is 189 g/mol. The minimum atomic E-state index is -1.08. The van der Waals surface area contributed by atoms with E-state index >= 15 is 0 Å². The van der Waals surface area contributed by atoms with E-state index in [0.29, 0.717) is 6.42 Å². The van der Waals surface area contributed by atoms with Gasteiger partial charge in [0.05, 0.1) is 6.04 Å². The first-order valence-electron chi connectivity index (χ1n) is 4.73. The van der Waals surface area contributed by atoms with Gasteiger partial charge in [0.15, 0.2) is 0 Å². The number of carbonyl (C=O) groups is 2. The van der Waals surface area contributed by atoms with Gasteiger partial charge in [-0.1, -0.05) is 13.3 Å². The zero-order valence-electron chi connectivity index (χ0n) is 8.83. The fourth-order valence-corrected chi connectivity index (χ4v) is 0.795. The molecule has 0 unspecified atom stereocenters. The molecule has 0 saturated heterocycles. The van der Waals surface area contributed by atoms with E-state index in [1.54, 1.807) is 0 Å². The monoisotopic (exact) mass is 189 g/mol. The highest BCUT2D eigenvalue weighted by Gasteiger charge is 2.18. The first-order valence-corrected chi connectivity index (χ1v) is 4.23. The van der Waals surface area contributed by atoms with Gasteiger partial charge in [-0.3, -0.25) is 9.59 Å². The van der Waals surface area contributed by atoms with Gasteiger partial charge in [-0.05, 0) is 13.3 Å². The van der Waals surface area contributed by atoms with Crippen molar-refractivity contribution in [3.63, 3.8) is 0 Å². The smallest absolute Gasteiger partial charge is 0.325 e. The van der Waals surface area contributed by atoms with Crippen molar-refractivity contribution in [2.24, 2.45) is 5.73 Å². The molecule has 0 aromatic carbocycles. The quantitative estimate of drug-likeness (QED) is 0.535. The second kappa shape index (κ2) is 5.53. The van der Waals surface area contributed by atoms with Crippen LogP contribution in [0.1, 0.15) is 26.7 Å². The molecular formula is C8H16N2O3. The minimum absolute atomic E-state index is 0.447. The number of hydrogen-bond donors (Lipinski definition) is 3. The number of amides is 1. The van der Waals surface area contributed by atoms with Crippen LogP contribution in [-0.4, -0.2) is 29.1 Å². The predicted molar refractivity (Wildman–Crippen MR) is 48.1 cm³/mol. The van der Waals surface area contributed by atoms with Gasteiger partial charge in [-0.15, -0.1) is 0 Å². The van der Waals surface area contributed by atoms with E-state index in [1.807, 2.05) is 6.92 Å². The van der Waals surface area contributed by atoms with E-state index in [4.69, 9.17) is 6.52 Å². The summed E-state index contributed by atoms with van der Waals surface area (Å²) in [5, 5.41) is 10.8. The molecule has 1 amide bonds. The van der Waals surface area contributed by atoms with Crippen molar-refractivity contribution in [2.75, 3.05) is 0 Å². The zero-order valence-corrected chi connectivity index (χ0v) is 7.83. The van der Waals surface area contributed by atoms with Gasteiger partial charge >= 0.3 is 5.97 Å². The maximum Gasteiger partial charge on any atom is 0.325 e. The van der Waals surface area contributed by atoms with Crippen LogP contribution in [0.15, 0.2) is 0 Å². The Morgan fingerprint density at radius 2 is 2.31 bits per heavy atom. The van der Waals surface area contributed by atoms with Gasteiger partial charge in [0.2, 0.25) is 5.91 Å². The van der Waals surface area contributed by atoms with Crippen molar-refractivity contribution < 1.29 is 16.1 Å². The van der Waals surface area contributed by atoms with Crippen LogP contribution < -0.4 is 11.0 Å². The highest BCUT2D eigenvalue weighted by Crippen LogP contribution is 1.93. The van der Waals surface area contributed by atoms with Crippen LogP contribution in [0.5, 0.6) is 0 Å². The molecule has 0 saturated carbocycles. The van der Waals surface area contributed by atoms with Crippen LogP contribution in [-0.2, 0) is 9.59 Å². The van der Waals surface area contributed by atoms with Crippen LogP contribution in [0.3, 0.4) is 0 Å². The molecular weight excluding hydrogens is 172 g/mol. The Labute approximate surface area is 78.8 Å². The molecule has 5 nitrogen and oxygen atoms in total. The Morgan fingerprint density at radius 1 is 1.69 bits per heavy atom. The molecule has 0 heterocycles. The summed E-state index contributed by atoms with van der Waals surface area (Å²) in [6, 6.07) is -1.56. The summed E-state index contributed by atoms with van der Waals surface area (Å²) in [5.74, 6) is -1.53. The molecule has 0 aliphatic heterocycles. The van der Waals surface area contributed by atoms with Gasteiger partial charge in [0, 0.05) is 0 Å². The lowest BCUT2D eigenvalue weighted by Gasteiger charge is -2.13. The largest absolute Gasteiger partial charge is 0.480 e. The van der Waals surface area contributed by atoms with Gasteiger partial charge in [-0.2, -0.15) is 0 Å². The van der Waals surface area contributed by atoms with Crippen LogP contribution in [0.2, 0.25) is 1.41 Å². The molecule has 0 spiro atoms. The number of hydrogen-bond acceptors (Lipinski definition) is 3. The molecule has 0 rings (SSSR count). The summed E-state index contributed by atoms with van der Waals surface area (Å²) in [6.07, 6.45) is 1.27. The Balaban J connectivity index is 4.09. The number of aliphatic carboxylic acids is 1. The fraction of sp³-hybridized carbons (Fsp3) is 0.750. The highest BCUT2D eigenvalue weighted by molar-refractivity contribution is 5.86. The van der Waals surface area contributed by atoms with Gasteiger partial charge in [0.25, 0.3) is 0 Å². The van der Waals surface area contributed by atoms with Crippen molar-refractivity contribution in [2.45, 2.75) is 38.8 Å². The van der Waals surface area contributed by atoms with E-state index in [9.17, 15) is 9.59 Å². The molecule has 2 atom stereocenters. The Kier molecular flexibility index (Phi) is 4.25. The molecule has 76 valence electrons. The van der Waals surface area contributed by atoms with Crippen molar-refractivity contribution in [3.8, 4) is 0 Å². The van der Waals surface area contributed by atoms with E-state index in [0.717, 1.165) is 6.42 Å². The van der Waals surface area contributed by atoms with E-state index < -0.39 is 24.0 Å². The van der Waals surface area contributed by atoms with Crippen molar-refractivity contribution in [3.05, 3.63) is 0 Å². The van der Waals surface area contributed by atoms with E-state index in [2.05, 4.69) is 11.0 Å². The van der Waals surface area contributed by atoms with Crippen LogP contribution in [0.4, 0.5) is 0 Å². The zero-order chi connectivity index (χ0) is 11.1. The second-order valence-electron chi connectivity index (χ2n) is 2.91. The minimum Gasteiger partial charge on any atom is -0.480 e. The average Bonchev–Trinajstić information content (AvgIpc) is 2.13. The summed E-state index contributed by atoms with van der Waals surface area (Å²) in [7, 11) is 0. The highest BCUT2D eigenvalue weighted by atomic mass is 16.4. The first-order chi connectivity index (χ1) is 6.52. The normalized spacial score (nSPS) is 15.7. The number of carboxylic acids is 1. The van der Waals surface area contributed by atoms with Crippen LogP contribution in [0.25, 0.3) is 0 Å². The summed E-state index contributed by atoms with van der Waals surface area (Å²) in [6.45, 7) is 3.27. The number of nitrogens with one attached hydrogen (secondary N) is 1. The molecule has 5 heteroatoms. The Morgan fingerprint density at radius 3 is 2.69 bits per heavy atom. The first kappa shape index (κ1) is 9.98. The molecule has 0 aromatic heterocycles. The van der Waals surface area contributed by atoms with Gasteiger partial charge < -0.3 is 16.2 Å². The summed E-state index contributed by atoms with van der Waals surface area (Å²) in [5.41, 5.74) is 2.09. The molecule has 0 radical (unpaired) electrons. The third kappa shape index (κ3) is 4.47. The topological polar surface area (TPSA) is 92.4 Å². The lowest BCUT2D eigenvalue weighted by atomic mass is 10.1. The van der Waals surface area contributed by atoms with Crippen molar-refractivity contribution in [1.82, 2.24) is 5.32 Å².